The maximum absolute atomic E-state index is 12.0. The number of aliphatic carboxylic acids is 1. The van der Waals surface area contributed by atoms with Gasteiger partial charge < -0.3 is 25.2 Å². The van der Waals surface area contributed by atoms with Crippen LogP contribution in [-0.4, -0.2) is 35.2 Å². The van der Waals surface area contributed by atoms with Gasteiger partial charge in [-0.3, -0.25) is 4.79 Å². The van der Waals surface area contributed by atoms with E-state index in [-0.39, 0.29) is 5.78 Å². The number of hydrogen-bond donors (Lipinski definition) is 3. The van der Waals surface area contributed by atoms with Gasteiger partial charge in [0.1, 0.15) is 5.78 Å². The van der Waals surface area contributed by atoms with Gasteiger partial charge in [-0.15, -0.1) is 0 Å². The maximum atomic E-state index is 12.0. The van der Waals surface area contributed by atoms with Crippen molar-refractivity contribution < 1.29 is 24.2 Å². The quantitative estimate of drug-likeness (QED) is 0.658. The number of hydrogen-bond acceptors (Lipinski definition) is 5. The van der Waals surface area contributed by atoms with E-state index in [0.717, 1.165) is 5.56 Å². The first-order valence-electron chi connectivity index (χ1n) is 7.58. The zero-order valence-electron chi connectivity index (χ0n) is 14.2. The molecule has 7 nitrogen and oxygen atoms in total. The van der Waals surface area contributed by atoms with Crippen molar-refractivity contribution in [2.75, 3.05) is 7.11 Å². The summed E-state index contributed by atoms with van der Waals surface area (Å²) in [6.07, 6.45) is -1.02. The maximum Gasteiger partial charge on any atom is 0.344 e. The molecule has 0 bridgehead atoms. The van der Waals surface area contributed by atoms with Crippen molar-refractivity contribution in [1.29, 1.82) is 0 Å². The first-order chi connectivity index (χ1) is 11.7. The molecule has 0 amide bonds. The molecule has 1 heterocycles. The fraction of sp³-hybridized carbons (Fsp3) is 0.353. The summed E-state index contributed by atoms with van der Waals surface area (Å²) in [6, 6.07) is 4.64. The summed E-state index contributed by atoms with van der Waals surface area (Å²) < 4.78 is 10.7. The Morgan fingerprint density at radius 1 is 1.36 bits per heavy atom. The number of methoxy groups -OCH3 is 1. The number of nitrogens with one attached hydrogen (secondary N) is 2. The van der Waals surface area contributed by atoms with Crippen molar-refractivity contribution in [2.24, 2.45) is 5.92 Å². The van der Waals surface area contributed by atoms with Crippen LogP contribution in [0.3, 0.4) is 0 Å². The predicted molar refractivity (Wildman–Crippen MR) is 95.6 cm³/mol. The molecule has 1 fully saturated rings. The van der Waals surface area contributed by atoms with Gasteiger partial charge in [0, 0.05) is 5.70 Å². The molecule has 1 aliphatic heterocycles. The molecule has 0 unspecified atom stereocenters. The van der Waals surface area contributed by atoms with Crippen LogP contribution in [0.25, 0.3) is 0 Å². The van der Waals surface area contributed by atoms with Crippen molar-refractivity contribution >= 4 is 29.1 Å². The Bertz CT molecular complexity index is 734. The molecule has 0 aromatic heterocycles. The summed E-state index contributed by atoms with van der Waals surface area (Å²) in [5.74, 6) is -0.970. The molecular weight excluding hydrogens is 344 g/mol. The minimum absolute atomic E-state index is 0.0590. The average Bonchev–Trinajstić information content (AvgIpc) is 2.53. The SMILES string of the molecule is C=C1NC(=S)N[C@@H](c2ccc(O[C@@H](C)C(=O)O)c(OC)c2)[C@H]1C(C)=O. The number of carbonyl (C=O) groups is 2. The van der Waals surface area contributed by atoms with E-state index >= 15 is 0 Å². The molecule has 2 rings (SSSR count). The number of carboxylic acid groups (broad SMARTS) is 1. The van der Waals surface area contributed by atoms with Gasteiger partial charge in [-0.1, -0.05) is 12.6 Å². The lowest BCUT2D eigenvalue weighted by molar-refractivity contribution is -0.144. The van der Waals surface area contributed by atoms with Crippen LogP contribution in [0.2, 0.25) is 0 Å². The highest BCUT2D eigenvalue weighted by molar-refractivity contribution is 7.80. The average molecular weight is 364 g/mol. The van der Waals surface area contributed by atoms with Crippen LogP contribution in [0.4, 0.5) is 0 Å². The van der Waals surface area contributed by atoms with E-state index in [0.29, 0.717) is 22.3 Å². The second kappa shape index (κ2) is 7.52. The van der Waals surface area contributed by atoms with Gasteiger partial charge in [0.25, 0.3) is 0 Å². The molecule has 134 valence electrons. The first-order valence-corrected chi connectivity index (χ1v) is 7.99. The lowest BCUT2D eigenvalue weighted by Crippen LogP contribution is -2.50. The summed E-state index contributed by atoms with van der Waals surface area (Å²) >= 11 is 5.16. The van der Waals surface area contributed by atoms with Crippen molar-refractivity contribution in [3.05, 3.63) is 36.0 Å². The van der Waals surface area contributed by atoms with Gasteiger partial charge >= 0.3 is 5.97 Å². The number of benzene rings is 1. The third kappa shape index (κ3) is 4.08. The Hall–Kier alpha value is -2.61. The Morgan fingerprint density at radius 3 is 2.60 bits per heavy atom. The zero-order chi connectivity index (χ0) is 18.7. The van der Waals surface area contributed by atoms with Gasteiger partial charge in [-0.2, -0.15) is 0 Å². The van der Waals surface area contributed by atoms with E-state index in [1.165, 1.54) is 21.0 Å². The molecule has 8 heteroatoms. The fourth-order valence-electron chi connectivity index (χ4n) is 2.66. The number of carbonyl (C=O) groups excluding carboxylic acids is 1. The van der Waals surface area contributed by atoms with Gasteiger partial charge in [-0.25, -0.2) is 4.79 Å². The highest BCUT2D eigenvalue weighted by Crippen LogP contribution is 2.36. The molecule has 1 aromatic carbocycles. The first kappa shape index (κ1) is 18.7. The second-order valence-electron chi connectivity index (χ2n) is 5.70. The van der Waals surface area contributed by atoms with Crippen molar-refractivity contribution in [3.63, 3.8) is 0 Å². The molecule has 25 heavy (non-hydrogen) atoms. The number of carboxylic acids is 1. The molecular formula is C17H20N2O5S. The van der Waals surface area contributed by atoms with E-state index in [1.54, 1.807) is 18.2 Å². The minimum Gasteiger partial charge on any atom is -0.493 e. The van der Waals surface area contributed by atoms with Crippen molar-refractivity contribution in [1.82, 2.24) is 10.6 Å². The lowest BCUT2D eigenvalue weighted by atomic mass is 9.86. The minimum atomic E-state index is -1.08. The molecule has 0 radical (unpaired) electrons. The van der Waals surface area contributed by atoms with Gasteiger partial charge in [-0.05, 0) is 43.8 Å². The van der Waals surface area contributed by atoms with E-state index in [9.17, 15) is 9.59 Å². The Balaban J connectivity index is 2.37. The molecule has 1 saturated heterocycles. The Labute approximate surface area is 151 Å². The fourth-order valence-corrected chi connectivity index (χ4v) is 2.92. The van der Waals surface area contributed by atoms with Crippen LogP contribution < -0.4 is 20.1 Å². The monoisotopic (exact) mass is 364 g/mol. The summed E-state index contributed by atoms with van der Waals surface area (Å²) in [7, 11) is 1.46. The number of ether oxygens (including phenoxy) is 2. The summed E-state index contributed by atoms with van der Waals surface area (Å²) in [6.45, 7) is 6.80. The number of rotatable bonds is 6. The summed E-state index contributed by atoms with van der Waals surface area (Å²) in [5.41, 5.74) is 1.28. The molecule has 3 atom stereocenters. The number of ketones is 1. The van der Waals surface area contributed by atoms with Crippen LogP contribution in [-0.2, 0) is 9.59 Å². The Kier molecular flexibility index (Phi) is 5.63. The third-order valence-corrected chi connectivity index (χ3v) is 4.13. The predicted octanol–water partition coefficient (Wildman–Crippen LogP) is 1.78. The van der Waals surface area contributed by atoms with Gasteiger partial charge in [0.2, 0.25) is 0 Å². The largest absolute Gasteiger partial charge is 0.493 e. The summed E-state index contributed by atoms with van der Waals surface area (Å²) in [5, 5.41) is 15.3. The number of thiocarbonyl (C=S) groups is 1. The lowest BCUT2D eigenvalue weighted by Gasteiger charge is -2.35. The van der Waals surface area contributed by atoms with Crippen LogP contribution in [0, 0.1) is 5.92 Å². The molecule has 1 aromatic rings. The van der Waals surface area contributed by atoms with Crippen LogP contribution in [0.5, 0.6) is 11.5 Å². The third-order valence-electron chi connectivity index (χ3n) is 3.91. The van der Waals surface area contributed by atoms with Crippen molar-refractivity contribution in [2.45, 2.75) is 26.0 Å². The van der Waals surface area contributed by atoms with Crippen LogP contribution in [0.1, 0.15) is 25.5 Å². The molecule has 0 saturated carbocycles. The standard InChI is InChI=1S/C17H20N2O5S/c1-8-14(9(2)20)15(19-17(25)18-8)11-5-6-12(13(7-11)23-4)24-10(3)16(21)22/h5-7,10,14-15H,1H2,2-4H3,(H,21,22)(H2,18,19,25)/t10-,14+,15-/m0/s1. The number of Topliss-reactive ketones (excluding diaryl/α,β-unsaturated/α-hetero) is 1. The van der Waals surface area contributed by atoms with E-state index in [1.807, 2.05) is 0 Å². The van der Waals surface area contributed by atoms with E-state index in [4.69, 9.17) is 26.8 Å². The zero-order valence-corrected chi connectivity index (χ0v) is 15.0. The van der Waals surface area contributed by atoms with E-state index in [2.05, 4.69) is 17.2 Å². The smallest absolute Gasteiger partial charge is 0.344 e. The Morgan fingerprint density at radius 2 is 2.04 bits per heavy atom. The van der Waals surface area contributed by atoms with Gasteiger partial charge in [0.05, 0.1) is 19.1 Å². The highest BCUT2D eigenvalue weighted by Gasteiger charge is 2.34. The summed E-state index contributed by atoms with van der Waals surface area (Å²) in [4.78, 5) is 23.0. The topological polar surface area (TPSA) is 96.9 Å². The molecule has 1 aliphatic rings. The van der Waals surface area contributed by atoms with Crippen LogP contribution >= 0.6 is 12.2 Å². The molecule has 0 aliphatic carbocycles. The highest BCUT2D eigenvalue weighted by atomic mass is 32.1. The van der Waals surface area contributed by atoms with Crippen molar-refractivity contribution in [3.8, 4) is 11.5 Å². The molecule has 0 spiro atoms. The van der Waals surface area contributed by atoms with E-state index < -0.39 is 24.0 Å². The second-order valence-corrected chi connectivity index (χ2v) is 6.11. The normalized spacial score (nSPS) is 20.9. The van der Waals surface area contributed by atoms with Gasteiger partial charge in [0.15, 0.2) is 22.7 Å². The van der Waals surface area contributed by atoms with Crippen LogP contribution in [0.15, 0.2) is 30.5 Å². The molecule has 3 N–H and O–H groups in total.